The normalized spacial score (nSPS) is 16.1. The van der Waals surface area contributed by atoms with Gasteiger partial charge in [0.05, 0.1) is 24.0 Å². The number of aryl methyl sites for hydroxylation is 1. The van der Waals surface area contributed by atoms with Gasteiger partial charge in [-0.2, -0.15) is 15.7 Å². The Morgan fingerprint density at radius 1 is 1.19 bits per heavy atom. The number of aromatic amines is 1. The molecule has 156 valence electrons. The highest BCUT2D eigenvalue weighted by molar-refractivity contribution is 5.95. The molecule has 31 heavy (non-hydrogen) atoms. The fourth-order valence-corrected chi connectivity index (χ4v) is 4.16. The zero-order valence-electron chi connectivity index (χ0n) is 16.8. The molecule has 0 saturated heterocycles. The van der Waals surface area contributed by atoms with E-state index in [9.17, 15) is 4.39 Å². The Labute approximate surface area is 176 Å². The van der Waals surface area contributed by atoms with Crippen LogP contribution in [-0.4, -0.2) is 49.6 Å². The maximum absolute atomic E-state index is 14.7. The Morgan fingerprint density at radius 2 is 2.13 bits per heavy atom. The molecular formula is C21H19FN8O. The van der Waals surface area contributed by atoms with Crippen LogP contribution in [0.1, 0.15) is 6.42 Å². The summed E-state index contributed by atoms with van der Waals surface area (Å²) in [5, 5.41) is 12.3. The van der Waals surface area contributed by atoms with Crippen molar-refractivity contribution in [2.45, 2.75) is 6.42 Å². The summed E-state index contributed by atoms with van der Waals surface area (Å²) >= 11 is 0. The molecule has 0 radical (unpaired) electrons. The predicted octanol–water partition coefficient (Wildman–Crippen LogP) is 2.56. The molecule has 0 unspecified atom stereocenters. The molecule has 2 aliphatic rings. The number of benzene rings is 1. The second-order valence-electron chi connectivity index (χ2n) is 7.74. The van der Waals surface area contributed by atoms with E-state index in [-0.39, 0.29) is 5.82 Å². The number of nitrogens with one attached hydrogen (secondary N) is 2. The van der Waals surface area contributed by atoms with E-state index in [1.165, 1.54) is 11.6 Å². The van der Waals surface area contributed by atoms with Gasteiger partial charge < -0.3 is 9.74 Å². The highest BCUT2D eigenvalue weighted by Crippen LogP contribution is 2.33. The Balaban J connectivity index is 1.39. The van der Waals surface area contributed by atoms with Gasteiger partial charge in [0.25, 0.3) is 0 Å². The van der Waals surface area contributed by atoms with Crippen molar-refractivity contribution in [2.24, 2.45) is 7.05 Å². The molecule has 0 spiro atoms. The van der Waals surface area contributed by atoms with E-state index in [2.05, 4.69) is 35.6 Å². The first-order chi connectivity index (χ1) is 15.2. The SMILES string of the molecule is Cn1cc(-c2cc3c(-c4cc(N5CCC6=C(CNO6)C5)ncn4)n[nH]c3cc2F)cn1. The number of H-pyrrole nitrogens is 1. The average molecular weight is 418 g/mol. The van der Waals surface area contributed by atoms with Crippen LogP contribution in [0.15, 0.2) is 48.3 Å². The van der Waals surface area contributed by atoms with E-state index in [0.29, 0.717) is 28.0 Å². The van der Waals surface area contributed by atoms with Crippen molar-refractivity contribution in [3.63, 3.8) is 0 Å². The Morgan fingerprint density at radius 3 is 3.00 bits per heavy atom. The number of anilines is 1. The summed E-state index contributed by atoms with van der Waals surface area (Å²) in [6, 6.07) is 5.18. The largest absolute Gasteiger partial charge is 0.413 e. The zero-order valence-corrected chi connectivity index (χ0v) is 16.8. The van der Waals surface area contributed by atoms with Gasteiger partial charge in [0.1, 0.15) is 29.4 Å². The lowest BCUT2D eigenvalue weighted by Crippen LogP contribution is -2.32. The van der Waals surface area contributed by atoms with Gasteiger partial charge in [0.2, 0.25) is 0 Å². The van der Waals surface area contributed by atoms with Crippen molar-refractivity contribution in [1.29, 1.82) is 0 Å². The van der Waals surface area contributed by atoms with E-state index in [1.807, 2.05) is 6.07 Å². The van der Waals surface area contributed by atoms with Crippen molar-refractivity contribution in [2.75, 3.05) is 24.5 Å². The highest BCUT2D eigenvalue weighted by Gasteiger charge is 2.25. The number of hydrogen-bond donors (Lipinski definition) is 2. The summed E-state index contributed by atoms with van der Waals surface area (Å²) in [7, 11) is 1.80. The Bertz CT molecular complexity index is 1340. The quantitative estimate of drug-likeness (QED) is 0.528. The van der Waals surface area contributed by atoms with Crippen molar-refractivity contribution < 1.29 is 9.23 Å². The van der Waals surface area contributed by atoms with Crippen LogP contribution < -0.4 is 10.4 Å². The molecule has 4 aromatic rings. The number of fused-ring (bicyclic) bond motifs is 1. The van der Waals surface area contributed by atoms with Gasteiger partial charge in [-0.25, -0.2) is 14.4 Å². The predicted molar refractivity (Wildman–Crippen MR) is 112 cm³/mol. The van der Waals surface area contributed by atoms with E-state index >= 15 is 0 Å². The number of aromatic nitrogens is 6. The Hall–Kier alpha value is -3.79. The molecule has 5 heterocycles. The van der Waals surface area contributed by atoms with Gasteiger partial charge >= 0.3 is 0 Å². The van der Waals surface area contributed by atoms with Gasteiger partial charge in [0, 0.05) is 67.0 Å². The summed E-state index contributed by atoms with van der Waals surface area (Å²) in [4.78, 5) is 16.6. The van der Waals surface area contributed by atoms with Gasteiger partial charge in [-0.15, -0.1) is 0 Å². The first kappa shape index (κ1) is 18.0. The van der Waals surface area contributed by atoms with Gasteiger partial charge in [-0.05, 0) is 6.07 Å². The van der Waals surface area contributed by atoms with E-state index < -0.39 is 0 Å². The topological polar surface area (TPSA) is 96.8 Å². The van der Waals surface area contributed by atoms with Crippen LogP contribution in [0.25, 0.3) is 33.4 Å². The molecule has 1 aromatic carbocycles. The molecule has 9 nitrogen and oxygen atoms in total. The fraction of sp³-hybridized carbons (Fsp3) is 0.238. The average Bonchev–Trinajstić information content (AvgIpc) is 3.52. The summed E-state index contributed by atoms with van der Waals surface area (Å²) in [6.07, 6.45) is 5.81. The van der Waals surface area contributed by atoms with Crippen molar-refractivity contribution in [3.05, 3.63) is 54.1 Å². The van der Waals surface area contributed by atoms with Gasteiger partial charge in [0.15, 0.2) is 0 Å². The summed E-state index contributed by atoms with van der Waals surface area (Å²) in [5.74, 6) is 1.53. The lowest BCUT2D eigenvalue weighted by molar-refractivity contribution is 0.132. The number of halogens is 1. The third kappa shape index (κ3) is 3.03. The lowest BCUT2D eigenvalue weighted by Gasteiger charge is -2.27. The fourth-order valence-electron chi connectivity index (χ4n) is 4.16. The van der Waals surface area contributed by atoms with E-state index in [4.69, 9.17) is 4.84 Å². The second kappa shape index (κ2) is 6.88. The van der Waals surface area contributed by atoms with Crippen molar-refractivity contribution in [3.8, 4) is 22.5 Å². The monoisotopic (exact) mass is 418 g/mol. The molecule has 2 aliphatic heterocycles. The van der Waals surface area contributed by atoms with E-state index in [1.54, 1.807) is 36.5 Å². The molecule has 0 saturated carbocycles. The van der Waals surface area contributed by atoms with Crippen LogP contribution in [0, 0.1) is 5.82 Å². The summed E-state index contributed by atoms with van der Waals surface area (Å²) in [6.45, 7) is 2.31. The zero-order chi connectivity index (χ0) is 20.9. The first-order valence-electron chi connectivity index (χ1n) is 10.0. The van der Waals surface area contributed by atoms with Crippen LogP contribution in [0.3, 0.4) is 0 Å². The molecular weight excluding hydrogens is 399 g/mol. The standard InChI is InChI=1S/C21H19FN8O/c1-29-9-12(7-25-29)14-4-15-17(5-16(14)22)27-28-21(15)18-6-20(24-11-23-18)30-3-2-19-13(10-30)8-26-31-19/h4-7,9,11,26H,2-3,8,10H2,1H3,(H,27,28). The maximum Gasteiger partial charge on any atom is 0.133 e. The maximum atomic E-state index is 14.7. The number of hydrogen-bond acceptors (Lipinski definition) is 7. The van der Waals surface area contributed by atoms with Crippen molar-refractivity contribution in [1.82, 2.24) is 35.4 Å². The molecule has 10 heteroatoms. The van der Waals surface area contributed by atoms with Crippen molar-refractivity contribution >= 4 is 16.7 Å². The van der Waals surface area contributed by atoms with Crippen LogP contribution in [0.4, 0.5) is 10.2 Å². The van der Waals surface area contributed by atoms with Crippen LogP contribution >= 0.6 is 0 Å². The second-order valence-corrected chi connectivity index (χ2v) is 7.74. The summed E-state index contributed by atoms with van der Waals surface area (Å²) in [5.41, 5.74) is 7.31. The molecule has 0 bridgehead atoms. The van der Waals surface area contributed by atoms with Crippen LogP contribution in [-0.2, 0) is 11.9 Å². The third-order valence-electron chi connectivity index (χ3n) is 5.75. The molecule has 6 rings (SSSR count). The molecule has 0 atom stereocenters. The third-order valence-corrected chi connectivity index (χ3v) is 5.75. The van der Waals surface area contributed by atoms with Gasteiger partial charge in [-0.3, -0.25) is 9.78 Å². The number of rotatable bonds is 3. The molecule has 3 aromatic heterocycles. The number of nitrogens with zero attached hydrogens (tertiary/aromatic N) is 6. The minimum atomic E-state index is -0.330. The molecule has 0 aliphatic carbocycles. The molecule has 2 N–H and O–H groups in total. The Kier molecular flexibility index (Phi) is 4.00. The highest BCUT2D eigenvalue weighted by atomic mass is 19.1. The smallest absolute Gasteiger partial charge is 0.133 e. The van der Waals surface area contributed by atoms with E-state index in [0.717, 1.165) is 43.0 Å². The molecule has 0 amide bonds. The number of hydroxylamine groups is 1. The molecule has 0 fully saturated rings. The van der Waals surface area contributed by atoms with Crippen LogP contribution in [0.5, 0.6) is 0 Å². The summed E-state index contributed by atoms with van der Waals surface area (Å²) < 4.78 is 16.4. The minimum Gasteiger partial charge on any atom is -0.413 e. The van der Waals surface area contributed by atoms with Gasteiger partial charge in [-0.1, -0.05) is 0 Å². The minimum absolute atomic E-state index is 0.330. The lowest BCUT2D eigenvalue weighted by atomic mass is 10.0. The first-order valence-corrected chi connectivity index (χ1v) is 10.0. The van der Waals surface area contributed by atoms with Crippen LogP contribution in [0.2, 0.25) is 0 Å².